The summed E-state index contributed by atoms with van der Waals surface area (Å²) >= 11 is 0. The Morgan fingerprint density at radius 2 is 1.76 bits per heavy atom. The van der Waals surface area contributed by atoms with Crippen molar-refractivity contribution in [2.75, 3.05) is 13.7 Å². The number of nitrogens with one attached hydrogen (secondary N) is 1. The molecule has 2 aromatic carbocycles. The van der Waals surface area contributed by atoms with Crippen molar-refractivity contribution in [2.24, 2.45) is 5.10 Å². The van der Waals surface area contributed by atoms with Gasteiger partial charge in [0.1, 0.15) is 11.5 Å². The van der Waals surface area contributed by atoms with Crippen LogP contribution in [0.15, 0.2) is 59.7 Å². The topological polar surface area (TPSA) is 64.8 Å². The van der Waals surface area contributed by atoms with Gasteiger partial charge in [0.25, 0.3) is 5.91 Å². The maximum absolute atomic E-state index is 12.4. The second-order valence-electron chi connectivity index (χ2n) is 6.53. The number of aryl methyl sites for hydroxylation is 2. The Bertz CT molecular complexity index is 1000. The highest BCUT2D eigenvalue weighted by Gasteiger charge is 2.08. The zero-order valence-corrected chi connectivity index (χ0v) is 17.1. The molecule has 0 radical (unpaired) electrons. The standard InChI is InChI=1S/C23H25N3O3/c1-5-29-21-12-13-22(28-4)19(14-21)15-24-25-23(27)18-8-10-20(11-9-18)26-16(2)6-7-17(26)3/h6-15H,5H2,1-4H3,(H,25,27)/b24-15-. The molecule has 6 heteroatoms. The zero-order valence-electron chi connectivity index (χ0n) is 17.1. The van der Waals surface area contributed by atoms with Crippen LogP contribution >= 0.6 is 0 Å². The second-order valence-corrected chi connectivity index (χ2v) is 6.53. The van der Waals surface area contributed by atoms with Gasteiger partial charge in [-0.3, -0.25) is 4.79 Å². The van der Waals surface area contributed by atoms with Crippen LogP contribution in [0, 0.1) is 13.8 Å². The van der Waals surface area contributed by atoms with E-state index in [2.05, 4.69) is 41.1 Å². The van der Waals surface area contributed by atoms with Crippen LogP contribution in [0.2, 0.25) is 0 Å². The van der Waals surface area contributed by atoms with Crippen LogP contribution < -0.4 is 14.9 Å². The van der Waals surface area contributed by atoms with Gasteiger partial charge in [0.15, 0.2) is 0 Å². The Balaban J connectivity index is 1.70. The minimum absolute atomic E-state index is 0.284. The fourth-order valence-electron chi connectivity index (χ4n) is 3.13. The van der Waals surface area contributed by atoms with Crippen LogP contribution in [0.1, 0.15) is 34.2 Å². The first kappa shape index (κ1) is 20.2. The van der Waals surface area contributed by atoms with Crippen molar-refractivity contribution in [3.63, 3.8) is 0 Å². The summed E-state index contributed by atoms with van der Waals surface area (Å²) in [4.78, 5) is 12.4. The molecule has 150 valence electrons. The number of benzene rings is 2. The summed E-state index contributed by atoms with van der Waals surface area (Å²) in [5, 5.41) is 4.06. The summed E-state index contributed by atoms with van der Waals surface area (Å²) in [5.41, 5.74) is 7.11. The summed E-state index contributed by atoms with van der Waals surface area (Å²) in [5.74, 6) is 1.08. The van der Waals surface area contributed by atoms with Crippen LogP contribution in [0.25, 0.3) is 5.69 Å². The van der Waals surface area contributed by atoms with Gasteiger partial charge >= 0.3 is 0 Å². The van der Waals surface area contributed by atoms with E-state index < -0.39 is 0 Å². The van der Waals surface area contributed by atoms with Gasteiger partial charge in [-0.15, -0.1) is 0 Å². The van der Waals surface area contributed by atoms with E-state index in [4.69, 9.17) is 9.47 Å². The number of carbonyl (C=O) groups is 1. The maximum atomic E-state index is 12.4. The molecule has 0 aliphatic heterocycles. The van der Waals surface area contributed by atoms with Crippen LogP contribution in [-0.2, 0) is 0 Å². The van der Waals surface area contributed by atoms with Crippen LogP contribution in [0.5, 0.6) is 11.5 Å². The molecule has 1 heterocycles. The van der Waals surface area contributed by atoms with Crippen molar-refractivity contribution in [3.8, 4) is 17.2 Å². The van der Waals surface area contributed by atoms with Gasteiger partial charge in [0.2, 0.25) is 0 Å². The lowest BCUT2D eigenvalue weighted by molar-refractivity contribution is 0.0955. The lowest BCUT2D eigenvalue weighted by Gasteiger charge is -2.10. The molecule has 0 saturated heterocycles. The first-order chi connectivity index (χ1) is 14.0. The van der Waals surface area contributed by atoms with Gasteiger partial charge < -0.3 is 14.0 Å². The molecule has 0 saturated carbocycles. The predicted molar refractivity (Wildman–Crippen MR) is 114 cm³/mol. The minimum atomic E-state index is -0.284. The number of nitrogens with zero attached hydrogens (tertiary/aromatic N) is 2. The Kier molecular flexibility index (Phi) is 6.34. The number of aromatic nitrogens is 1. The summed E-state index contributed by atoms with van der Waals surface area (Å²) in [6.45, 7) is 6.59. The van der Waals surface area contributed by atoms with Crippen molar-refractivity contribution in [1.82, 2.24) is 9.99 Å². The van der Waals surface area contributed by atoms with Crippen molar-refractivity contribution >= 4 is 12.1 Å². The molecule has 0 bridgehead atoms. The number of hydrazone groups is 1. The van der Waals surface area contributed by atoms with E-state index >= 15 is 0 Å². The number of ether oxygens (including phenoxy) is 2. The fraction of sp³-hybridized carbons (Fsp3) is 0.217. The van der Waals surface area contributed by atoms with E-state index in [0.29, 0.717) is 29.2 Å². The molecule has 0 fully saturated rings. The summed E-state index contributed by atoms with van der Waals surface area (Å²) in [6.07, 6.45) is 1.54. The molecular formula is C23H25N3O3. The molecule has 3 rings (SSSR count). The van der Waals surface area contributed by atoms with E-state index in [-0.39, 0.29) is 5.91 Å². The van der Waals surface area contributed by atoms with Gasteiger partial charge in [0, 0.05) is 28.2 Å². The molecule has 0 aliphatic rings. The highest BCUT2D eigenvalue weighted by Crippen LogP contribution is 2.22. The SMILES string of the molecule is CCOc1ccc(OC)c(/C=N\NC(=O)c2ccc(-n3c(C)ccc3C)cc2)c1. The molecule has 0 unspecified atom stereocenters. The molecule has 0 atom stereocenters. The Hall–Kier alpha value is -3.54. The largest absolute Gasteiger partial charge is 0.496 e. The first-order valence-electron chi connectivity index (χ1n) is 9.43. The van der Waals surface area contributed by atoms with Gasteiger partial charge in [-0.2, -0.15) is 5.10 Å². The average molecular weight is 391 g/mol. The Morgan fingerprint density at radius 1 is 1.07 bits per heavy atom. The molecule has 3 aromatic rings. The molecule has 29 heavy (non-hydrogen) atoms. The van der Waals surface area contributed by atoms with Crippen molar-refractivity contribution in [3.05, 3.63) is 77.1 Å². The Morgan fingerprint density at radius 3 is 2.38 bits per heavy atom. The van der Waals surface area contributed by atoms with Crippen molar-refractivity contribution in [2.45, 2.75) is 20.8 Å². The van der Waals surface area contributed by atoms with E-state index in [1.54, 1.807) is 31.5 Å². The monoisotopic (exact) mass is 391 g/mol. The lowest BCUT2D eigenvalue weighted by atomic mass is 10.2. The smallest absolute Gasteiger partial charge is 0.271 e. The fourth-order valence-corrected chi connectivity index (χ4v) is 3.13. The summed E-state index contributed by atoms with van der Waals surface area (Å²) < 4.78 is 13.0. The summed E-state index contributed by atoms with van der Waals surface area (Å²) in [6, 6.07) is 17.0. The summed E-state index contributed by atoms with van der Waals surface area (Å²) in [7, 11) is 1.58. The van der Waals surface area contributed by atoms with Crippen molar-refractivity contribution < 1.29 is 14.3 Å². The normalized spacial score (nSPS) is 10.9. The zero-order chi connectivity index (χ0) is 20.8. The molecular weight excluding hydrogens is 366 g/mol. The Labute approximate surface area is 170 Å². The maximum Gasteiger partial charge on any atom is 0.271 e. The first-order valence-corrected chi connectivity index (χ1v) is 9.43. The van der Waals surface area contributed by atoms with Crippen molar-refractivity contribution in [1.29, 1.82) is 0 Å². The van der Waals surface area contributed by atoms with Crippen LogP contribution in [-0.4, -0.2) is 30.4 Å². The third-order valence-electron chi connectivity index (χ3n) is 4.54. The highest BCUT2D eigenvalue weighted by molar-refractivity contribution is 5.95. The predicted octanol–water partition coefficient (Wildman–Crippen LogP) is 4.27. The molecule has 0 aliphatic carbocycles. The van der Waals surface area contributed by atoms with E-state index in [9.17, 15) is 4.79 Å². The van der Waals surface area contributed by atoms with Gasteiger partial charge in [-0.25, -0.2) is 5.43 Å². The number of hydrogen-bond acceptors (Lipinski definition) is 4. The van der Waals surface area contributed by atoms with Gasteiger partial charge in [-0.1, -0.05) is 0 Å². The van der Waals surface area contributed by atoms with E-state index in [0.717, 1.165) is 17.1 Å². The third kappa shape index (κ3) is 4.66. The quantitative estimate of drug-likeness (QED) is 0.483. The van der Waals surface area contributed by atoms with E-state index in [1.807, 2.05) is 31.2 Å². The lowest BCUT2D eigenvalue weighted by Crippen LogP contribution is -2.17. The minimum Gasteiger partial charge on any atom is -0.496 e. The van der Waals surface area contributed by atoms with Crippen LogP contribution in [0.4, 0.5) is 0 Å². The number of amides is 1. The molecule has 1 aromatic heterocycles. The molecule has 1 amide bonds. The molecule has 1 N–H and O–H groups in total. The molecule has 0 spiro atoms. The second kappa shape index (κ2) is 9.10. The van der Waals surface area contributed by atoms with Gasteiger partial charge in [-0.05, 0) is 75.4 Å². The number of carbonyl (C=O) groups excluding carboxylic acids is 1. The van der Waals surface area contributed by atoms with Crippen LogP contribution in [0.3, 0.4) is 0 Å². The van der Waals surface area contributed by atoms with Gasteiger partial charge in [0.05, 0.1) is 19.9 Å². The highest BCUT2D eigenvalue weighted by atomic mass is 16.5. The van der Waals surface area contributed by atoms with E-state index in [1.165, 1.54) is 0 Å². The number of rotatable bonds is 7. The molecule has 6 nitrogen and oxygen atoms in total. The average Bonchev–Trinajstić information content (AvgIpc) is 3.06. The number of hydrogen-bond donors (Lipinski definition) is 1. The third-order valence-corrected chi connectivity index (χ3v) is 4.54. The number of methoxy groups -OCH3 is 1.